The van der Waals surface area contributed by atoms with Crippen molar-refractivity contribution in [3.63, 3.8) is 0 Å². The van der Waals surface area contributed by atoms with Gasteiger partial charge in [0.05, 0.1) is 0 Å². The zero-order valence-corrected chi connectivity index (χ0v) is 9.90. The molecule has 0 saturated heterocycles. The predicted molar refractivity (Wildman–Crippen MR) is 54.3 cm³/mol. The van der Waals surface area contributed by atoms with Crippen LogP contribution in [0.5, 0.6) is 0 Å². The molecule has 0 aromatic heterocycles. The third-order valence-corrected chi connectivity index (χ3v) is 2.51. The molecule has 0 radical (unpaired) electrons. The maximum atomic E-state index is 11.8. The molecule has 6 heteroatoms. The molecular weight excluding hydrogens is 226 g/mol. The Morgan fingerprint density at radius 2 is 1.93 bits per heavy atom. The van der Waals surface area contributed by atoms with E-state index in [9.17, 15) is 17.8 Å². The van der Waals surface area contributed by atoms with Crippen LogP contribution < -0.4 is 0 Å². The summed E-state index contributed by atoms with van der Waals surface area (Å²) in [5, 5.41) is 0. The third kappa shape index (κ3) is 9.78. The van der Waals surface area contributed by atoms with E-state index in [0.29, 0.717) is 0 Å². The molecule has 0 spiro atoms. The summed E-state index contributed by atoms with van der Waals surface area (Å²) in [6.45, 7) is 5.06. The number of hydrogen-bond acceptors (Lipinski definition) is 3. The standard InChI is InChI=1S/C9H16F2O3S/c1-9(2,3)14-8(12)6-15(13)5-4-7(10)11/h7H,4-6H2,1-3H3. The summed E-state index contributed by atoms with van der Waals surface area (Å²) in [6.07, 6.45) is -2.93. The maximum Gasteiger partial charge on any atom is 0.319 e. The second-order valence-corrected chi connectivity index (χ2v) is 5.63. The van der Waals surface area contributed by atoms with Crippen LogP contribution >= 0.6 is 0 Å². The van der Waals surface area contributed by atoms with E-state index in [1.165, 1.54) is 0 Å². The monoisotopic (exact) mass is 242 g/mol. The normalized spacial score (nSPS) is 14.0. The molecule has 0 bridgehead atoms. The molecule has 0 fully saturated rings. The molecule has 0 aliphatic heterocycles. The van der Waals surface area contributed by atoms with Gasteiger partial charge in [0.15, 0.2) is 0 Å². The number of rotatable bonds is 5. The van der Waals surface area contributed by atoms with Crippen LogP contribution in [-0.4, -0.2) is 33.7 Å². The van der Waals surface area contributed by atoms with Gasteiger partial charge >= 0.3 is 5.97 Å². The summed E-state index contributed by atoms with van der Waals surface area (Å²) >= 11 is 0. The minimum atomic E-state index is -2.48. The van der Waals surface area contributed by atoms with Gasteiger partial charge in [-0.2, -0.15) is 0 Å². The quantitative estimate of drug-likeness (QED) is 0.690. The fourth-order valence-corrected chi connectivity index (χ4v) is 1.70. The molecule has 0 aromatic rings. The van der Waals surface area contributed by atoms with E-state index in [-0.39, 0.29) is 11.5 Å². The molecule has 90 valence electrons. The van der Waals surface area contributed by atoms with Crippen molar-refractivity contribution < 1.29 is 22.5 Å². The van der Waals surface area contributed by atoms with Crippen LogP contribution in [0.2, 0.25) is 0 Å². The lowest BCUT2D eigenvalue weighted by Crippen LogP contribution is -2.27. The average Bonchev–Trinajstić information content (AvgIpc) is 1.96. The van der Waals surface area contributed by atoms with Crippen LogP contribution in [-0.2, 0) is 20.3 Å². The first kappa shape index (κ1) is 14.5. The average molecular weight is 242 g/mol. The Morgan fingerprint density at radius 3 is 2.33 bits per heavy atom. The minimum absolute atomic E-state index is 0.170. The molecule has 0 heterocycles. The smallest absolute Gasteiger partial charge is 0.319 e. The highest BCUT2D eigenvalue weighted by Gasteiger charge is 2.18. The first-order valence-electron chi connectivity index (χ1n) is 4.55. The van der Waals surface area contributed by atoms with Crippen molar-refractivity contribution in [1.82, 2.24) is 0 Å². The number of ether oxygens (including phenoxy) is 1. The van der Waals surface area contributed by atoms with Gasteiger partial charge in [0.25, 0.3) is 0 Å². The highest BCUT2D eigenvalue weighted by atomic mass is 32.2. The van der Waals surface area contributed by atoms with Crippen molar-refractivity contribution in [3.8, 4) is 0 Å². The third-order valence-electron chi connectivity index (χ3n) is 1.26. The van der Waals surface area contributed by atoms with E-state index in [4.69, 9.17) is 4.74 Å². The molecule has 0 rings (SSSR count). The fourth-order valence-electron chi connectivity index (χ4n) is 0.795. The predicted octanol–water partition coefficient (Wildman–Crippen LogP) is 1.73. The minimum Gasteiger partial charge on any atom is -0.459 e. The van der Waals surface area contributed by atoms with Crippen LogP contribution in [0.15, 0.2) is 0 Å². The van der Waals surface area contributed by atoms with Crippen molar-refractivity contribution in [2.24, 2.45) is 0 Å². The van der Waals surface area contributed by atoms with Crippen LogP contribution in [0, 0.1) is 0 Å². The summed E-state index contributed by atoms with van der Waals surface area (Å²) in [5.41, 5.74) is -0.635. The summed E-state index contributed by atoms with van der Waals surface area (Å²) in [7, 11) is -1.56. The summed E-state index contributed by atoms with van der Waals surface area (Å²) < 4.78 is 39.5. The first-order chi connectivity index (χ1) is 6.70. The second-order valence-electron chi connectivity index (χ2n) is 4.05. The Kier molecular flexibility index (Phi) is 5.93. The maximum absolute atomic E-state index is 11.8. The summed E-state index contributed by atoms with van der Waals surface area (Å²) in [5.74, 6) is -1.10. The summed E-state index contributed by atoms with van der Waals surface area (Å²) in [4.78, 5) is 11.1. The van der Waals surface area contributed by atoms with Gasteiger partial charge in [-0.3, -0.25) is 9.00 Å². The Balaban J connectivity index is 3.82. The molecule has 0 amide bonds. The molecule has 0 aliphatic carbocycles. The van der Waals surface area contributed by atoms with E-state index < -0.39 is 35.2 Å². The highest BCUT2D eigenvalue weighted by Crippen LogP contribution is 2.08. The van der Waals surface area contributed by atoms with Crippen LogP contribution in [0.25, 0.3) is 0 Å². The van der Waals surface area contributed by atoms with E-state index in [2.05, 4.69) is 0 Å². The van der Waals surface area contributed by atoms with E-state index in [1.54, 1.807) is 20.8 Å². The van der Waals surface area contributed by atoms with Crippen LogP contribution in [0.4, 0.5) is 8.78 Å². The number of carbonyl (C=O) groups excluding carboxylic acids is 1. The van der Waals surface area contributed by atoms with Gasteiger partial charge in [-0.05, 0) is 20.8 Å². The molecule has 15 heavy (non-hydrogen) atoms. The molecule has 0 saturated carbocycles. The zero-order valence-electron chi connectivity index (χ0n) is 9.09. The van der Waals surface area contributed by atoms with E-state index in [0.717, 1.165) is 0 Å². The lowest BCUT2D eigenvalue weighted by Gasteiger charge is -2.19. The SMILES string of the molecule is CC(C)(C)OC(=O)CS(=O)CCC(F)F. The van der Waals surface area contributed by atoms with Gasteiger partial charge in [-0.15, -0.1) is 0 Å². The lowest BCUT2D eigenvalue weighted by atomic mass is 10.2. The molecule has 1 atom stereocenters. The van der Waals surface area contributed by atoms with Gasteiger partial charge in [0, 0.05) is 23.0 Å². The van der Waals surface area contributed by atoms with Crippen LogP contribution in [0.3, 0.4) is 0 Å². The van der Waals surface area contributed by atoms with Crippen molar-refractivity contribution in [1.29, 1.82) is 0 Å². The lowest BCUT2D eigenvalue weighted by molar-refractivity contribution is -0.151. The molecule has 3 nitrogen and oxygen atoms in total. The highest BCUT2D eigenvalue weighted by molar-refractivity contribution is 7.85. The van der Waals surface area contributed by atoms with Crippen LogP contribution in [0.1, 0.15) is 27.2 Å². The van der Waals surface area contributed by atoms with Crippen molar-refractivity contribution in [2.75, 3.05) is 11.5 Å². The van der Waals surface area contributed by atoms with Gasteiger partial charge in [0.1, 0.15) is 11.4 Å². The van der Waals surface area contributed by atoms with Gasteiger partial charge < -0.3 is 4.74 Å². The molecule has 0 aliphatic rings. The number of hydrogen-bond donors (Lipinski definition) is 0. The Bertz CT molecular complexity index is 236. The van der Waals surface area contributed by atoms with Crippen molar-refractivity contribution >= 4 is 16.8 Å². The molecule has 0 N–H and O–H groups in total. The topological polar surface area (TPSA) is 43.4 Å². The Labute approximate surface area is 90.6 Å². The van der Waals surface area contributed by atoms with E-state index in [1.807, 2.05) is 0 Å². The number of alkyl halides is 2. The van der Waals surface area contributed by atoms with Gasteiger partial charge in [-0.25, -0.2) is 8.78 Å². The van der Waals surface area contributed by atoms with Gasteiger partial charge in [-0.1, -0.05) is 0 Å². The van der Waals surface area contributed by atoms with Gasteiger partial charge in [0.2, 0.25) is 6.43 Å². The number of carbonyl (C=O) groups is 1. The molecule has 0 aromatic carbocycles. The molecule has 1 unspecified atom stereocenters. The second kappa shape index (κ2) is 6.15. The number of halogens is 2. The zero-order chi connectivity index (χ0) is 12.1. The van der Waals surface area contributed by atoms with E-state index >= 15 is 0 Å². The van der Waals surface area contributed by atoms with Crippen molar-refractivity contribution in [2.45, 2.75) is 39.2 Å². The summed E-state index contributed by atoms with van der Waals surface area (Å²) in [6, 6.07) is 0. The largest absolute Gasteiger partial charge is 0.459 e. The fraction of sp³-hybridized carbons (Fsp3) is 0.889. The first-order valence-corrected chi connectivity index (χ1v) is 6.04. The Morgan fingerprint density at radius 1 is 1.40 bits per heavy atom. The van der Waals surface area contributed by atoms with Crippen molar-refractivity contribution in [3.05, 3.63) is 0 Å². The number of esters is 1. The Hall–Kier alpha value is -0.520. The molecular formula is C9H16F2O3S.